The third kappa shape index (κ3) is 7.50. The van der Waals surface area contributed by atoms with E-state index in [4.69, 9.17) is 21.1 Å². The quantitative estimate of drug-likeness (QED) is 0.158. The highest BCUT2D eigenvalue weighted by Crippen LogP contribution is 2.27. The fourth-order valence-corrected chi connectivity index (χ4v) is 4.10. The first-order valence-electron chi connectivity index (χ1n) is 12.7. The lowest BCUT2D eigenvalue weighted by Gasteiger charge is -2.13. The Bertz CT molecular complexity index is 1650. The SMILES string of the molecule is COc1ccc(/C=C(\NC(=O)c2ccccc2)C(=O)Nc2ccc(C(=O)/C=C/c3c(F)cccc3Cl)cc2)c(OC)c1. The average Bonchev–Trinajstić information content (AvgIpc) is 3.01. The number of hydrogen-bond acceptors (Lipinski definition) is 5. The van der Waals surface area contributed by atoms with E-state index in [1.165, 1.54) is 62.8 Å². The minimum Gasteiger partial charge on any atom is -0.497 e. The van der Waals surface area contributed by atoms with Crippen molar-refractivity contribution < 1.29 is 28.2 Å². The molecule has 0 bridgehead atoms. The van der Waals surface area contributed by atoms with Gasteiger partial charge in [0.25, 0.3) is 11.8 Å². The van der Waals surface area contributed by atoms with E-state index in [-0.39, 0.29) is 22.1 Å². The highest BCUT2D eigenvalue weighted by Gasteiger charge is 2.17. The van der Waals surface area contributed by atoms with Gasteiger partial charge in [0, 0.05) is 34.0 Å². The standard InChI is InChI=1S/C33H26ClFN2O5/c1-41-25-16-13-23(31(20-25)42-2)19-29(37-32(39)22-7-4-3-5-8-22)33(40)36-24-14-11-21(12-15-24)30(38)18-17-26-27(34)9-6-10-28(26)35/h3-20H,1-2H3,(H,36,40)(H,37,39)/b18-17+,29-19-. The number of allylic oxidation sites excluding steroid dienone is 1. The molecule has 0 aromatic heterocycles. The van der Waals surface area contributed by atoms with Crippen LogP contribution in [0.3, 0.4) is 0 Å². The number of carbonyl (C=O) groups is 3. The van der Waals surface area contributed by atoms with Crippen LogP contribution in [0.2, 0.25) is 5.02 Å². The normalized spacial score (nSPS) is 11.2. The number of nitrogens with one attached hydrogen (secondary N) is 2. The Kier molecular flexibility index (Phi) is 9.86. The lowest BCUT2D eigenvalue weighted by Crippen LogP contribution is -2.30. The maximum Gasteiger partial charge on any atom is 0.272 e. The predicted molar refractivity (Wildman–Crippen MR) is 161 cm³/mol. The van der Waals surface area contributed by atoms with Gasteiger partial charge in [-0.25, -0.2) is 4.39 Å². The fraction of sp³-hybridized carbons (Fsp3) is 0.0606. The Morgan fingerprint density at radius 2 is 1.57 bits per heavy atom. The third-order valence-corrected chi connectivity index (χ3v) is 6.43. The van der Waals surface area contributed by atoms with Crippen molar-refractivity contribution >= 4 is 47.0 Å². The summed E-state index contributed by atoms with van der Waals surface area (Å²) in [5.41, 5.74) is 1.65. The summed E-state index contributed by atoms with van der Waals surface area (Å²) in [6, 6.07) is 23.9. The van der Waals surface area contributed by atoms with Crippen LogP contribution in [0, 0.1) is 5.82 Å². The minimum atomic E-state index is -0.606. The van der Waals surface area contributed by atoms with Crippen molar-refractivity contribution in [2.24, 2.45) is 0 Å². The topological polar surface area (TPSA) is 93.7 Å². The fourth-order valence-electron chi connectivity index (χ4n) is 3.88. The van der Waals surface area contributed by atoms with E-state index in [0.29, 0.717) is 33.9 Å². The summed E-state index contributed by atoms with van der Waals surface area (Å²) in [6.45, 7) is 0. The molecule has 0 fully saturated rings. The lowest BCUT2D eigenvalue weighted by atomic mass is 10.1. The van der Waals surface area contributed by atoms with Gasteiger partial charge < -0.3 is 20.1 Å². The maximum atomic E-state index is 14.0. The molecule has 0 heterocycles. The molecule has 2 amide bonds. The summed E-state index contributed by atoms with van der Waals surface area (Å²) in [5, 5.41) is 5.59. The molecule has 0 saturated carbocycles. The number of amides is 2. The molecule has 212 valence electrons. The molecule has 0 aliphatic heterocycles. The molecule has 4 rings (SSSR count). The van der Waals surface area contributed by atoms with E-state index in [2.05, 4.69) is 10.6 Å². The second-order valence-electron chi connectivity index (χ2n) is 8.85. The van der Waals surface area contributed by atoms with E-state index in [9.17, 15) is 18.8 Å². The number of rotatable bonds is 10. The molecule has 42 heavy (non-hydrogen) atoms. The summed E-state index contributed by atoms with van der Waals surface area (Å²) in [6.07, 6.45) is 4.03. The predicted octanol–water partition coefficient (Wildman–Crippen LogP) is 6.80. The zero-order valence-corrected chi connectivity index (χ0v) is 23.4. The molecule has 7 nitrogen and oxygen atoms in total. The second kappa shape index (κ2) is 13.9. The Morgan fingerprint density at radius 1 is 0.833 bits per heavy atom. The number of ether oxygens (including phenoxy) is 2. The number of halogens is 2. The van der Waals surface area contributed by atoms with Crippen LogP contribution < -0.4 is 20.1 Å². The van der Waals surface area contributed by atoms with Gasteiger partial charge in [-0.15, -0.1) is 0 Å². The Labute approximate surface area is 247 Å². The maximum absolute atomic E-state index is 14.0. The lowest BCUT2D eigenvalue weighted by molar-refractivity contribution is -0.113. The average molecular weight is 585 g/mol. The first kappa shape index (κ1) is 29.8. The zero-order chi connectivity index (χ0) is 30.1. The number of ketones is 1. The molecule has 0 saturated heterocycles. The minimum absolute atomic E-state index is 0.0443. The molecular formula is C33H26ClFN2O5. The monoisotopic (exact) mass is 584 g/mol. The van der Waals surface area contributed by atoms with Gasteiger partial charge in [0.15, 0.2) is 5.78 Å². The Hall–Kier alpha value is -5.21. The number of carbonyl (C=O) groups excluding carboxylic acids is 3. The summed E-state index contributed by atoms with van der Waals surface area (Å²) >= 11 is 6.02. The number of benzene rings is 4. The number of hydrogen-bond donors (Lipinski definition) is 2. The highest BCUT2D eigenvalue weighted by molar-refractivity contribution is 6.32. The number of anilines is 1. The molecule has 2 N–H and O–H groups in total. The van der Waals surface area contributed by atoms with Crippen molar-refractivity contribution in [3.05, 3.63) is 136 Å². The van der Waals surface area contributed by atoms with Crippen molar-refractivity contribution in [2.45, 2.75) is 0 Å². The van der Waals surface area contributed by atoms with Crippen molar-refractivity contribution in [2.75, 3.05) is 19.5 Å². The van der Waals surface area contributed by atoms with E-state index in [0.717, 1.165) is 0 Å². The van der Waals surface area contributed by atoms with Crippen LogP contribution in [-0.4, -0.2) is 31.8 Å². The van der Waals surface area contributed by atoms with Crippen molar-refractivity contribution in [1.29, 1.82) is 0 Å². The smallest absolute Gasteiger partial charge is 0.272 e. The molecule has 0 aliphatic carbocycles. The van der Waals surface area contributed by atoms with Gasteiger partial charge in [0.05, 0.1) is 19.2 Å². The van der Waals surface area contributed by atoms with Crippen molar-refractivity contribution in [3.63, 3.8) is 0 Å². The first-order chi connectivity index (χ1) is 20.3. The Balaban J connectivity index is 1.55. The molecule has 0 radical (unpaired) electrons. The molecule has 9 heteroatoms. The molecule has 0 aliphatic rings. The van der Waals surface area contributed by atoms with Crippen molar-refractivity contribution in [1.82, 2.24) is 5.32 Å². The largest absolute Gasteiger partial charge is 0.497 e. The van der Waals surface area contributed by atoms with Gasteiger partial charge in [0.2, 0.25) is 0 Å². The highest BCUT2D eigenvalue weighted by atomic mass is 35.5. The second-order valence-corrected chi connectivity index (χ2v) is 9.26. The van der Waals surface area contributed by atoms with Crippen LogP contribution in [0.1, 0.15) is 31.8 Å². The molecule has 0 unspecified atom stereocenters. The Morgan fingerprint density at radius 3 is 2.24 bits per heavy atom. The summed E-state index contributed by atoms with van der Waals surface area (Å²) < 4.78 is 24.7. The van der Waals surface area contributed by atoms with Gasteiger partial charge >= 0.3 is 0 Å². The van der Waals surface area contributed by atoms with E-state index in [1.54, 1.807) is 60.7 Å². The van der Waals surface area contributed by atoms with Crippen molar-refractivity contribution in [3.8, 4) is 11.5 Å². The van der Waals surface area contributed by atoms with Gasteiger partial charge in [-0.1, -0.05) is 35.9 Å². The summed E-state index contributed by atoms with van der Waals surface area (Å²) in [5.74, 6) is -1.02. The van der Waals surface area contributed by atoms with Crippen LogP contribution in [0.5, 0.6) is 11.5 Å². The number of methoxy groups -OCH3 is 2. The first-order valence-corrected chi connectivity index (χ1v) is 13.0. The summed E-state index contributed by atoms with van der Waals surface area (Å²) in [4.78, 5) is 38.9. The zero-order valence-electron chi connectivity index (χ0n) is 22.7. The van der Waals surface area contributed by atoms with Crippen LogP contribution in [-0.2, 0) is 4.79 Å². The van der Waals surface area contributed by atoms with Gasteiger partial charge in [-0.2, -0.15) is 0 Å². The molecular weight excluding hydrogens is 559 g/mol. The molecule has 4 aromatic rings. The van der Waals surface area contributed by atoms with E-state index in [1.807, 2.05) is 0 Å². The van der Waals surface area contributed by atoms with Crippen LogP contribution in [0.25, 0.3) is 12.2 Å². The van der Waals surface area contributed by atoms with Gasteiger partial charge in [-0.3, -0.25) is 14.4 Å². The van der Waals surface area contributed by atoms with Gasteiger partial charge in [-0.05, 0) is 78.9 Å². The molecule has 4 aromatic carbocycles. The molecule has 0 spiro atoms. The third-order valence-electron chi connectivity index (χ3n) is 6.10. The summed E-state index contributed by atoms with van der Waals surface area (Å²) in [7, 11) is 3.01. The van der Waals surface area contributed by atoms with E-state index < -0.39 is 17.6 Å². The van der Waals surface area contributed by atoms with Crippen LogP contribution in [0.4, 0.5) is 10.1 Å². The van der Waals surface area contributed by atoms with E-state index >= 15 is 0 Å². The van der Waals surface area contributed by atoms with Gasteiger partial charge in [0.1, 0.15) is 23.0 Å². The van der Waals surface area contributed by atoms with Crippen LogP contribution in [0.15, 0.2) is 103 Å². The molecule has 0 atom stereocenters. The van der Waals surface area contributed by atoms with Crippen LogP contribution >= 0.6 is 11.6 Å².